The lowest BCUT2D eigenvalue weighted by Gasteiger charge is -2.12. The minimum Gasteiger partial charge on any atom is -0.496 e. The topological polar surface area (TPSA) is 70.5 Å². The van der Waals surface area contributed by atoms with Crippen LogP contribution in [0.5, 0.6) is 11.5 Å². The van der Waals surface area contributed by atoms with E-state index in [9.17, 15) is 0 Å². The number of nitrogens with zero attached hydrogens (tertiary/aromatic N) is 1. The molecule has 0 fully saturated rings. The average Bonchev–Trinajstić information content (AvgIpc) is 2.83. The van der Waals surface area contributed by atoms with Crippen molar-refractivity contribution in [3.63, 3.8) is 0 Å². The zero-order valence-electron chi connectivity index (χ0n) is 10.4. The van der Waals surface area contributed by atoms with Crippen molar-refractivity contribution in [3.8, 4) is 22.8 Å². The Kier molecular flexibility index (Phi) is 3.66. The molecule has 0 saturated carbocycles. The van der Waals surface area contributed by atoms with Crippen molar-refractivity contribution in [1.29, 1.82) is 0 Å². The predicted molar refractivity (Wildman–Crippen MR) is 71.2 cm³/mol. The molecule has 1 aromatic carbocycles. The largest absolute Gasteiger partial charge is 0.496 e. The predicted octanol–water partition coefficient (Wildman–Crippen LogP) is 2.66. The minimum absolute atomic E-state index is 0.125. The van der Waals surface area contributed by atoms with Gasteiger partial charge in [-0.3, -0.25) is 0 Å². The summed E-state index contributed by atoms with van der Waals surface area (Å²) < 4.78 is 15.7. The standard InChI is InChI=1S/C12H14N2O3S/c1-15-9-5-11(18-3)10(16-2)4-7(9)8-6-17-12(13)14-8/h4-6H,1-3H3,(H2,13,14). The van der Waals surface area contributed by atoms with E-state index in [1.165, 1.54) is 6.26 Å². The number of methoxy groups -OCH3 is 2. The maximum atomic E-state index is 5.48. The normalized spacial score (nSPS) is 10.4. The van der Waals surface area contributed by atoms with Crippen LogP contribution in [0.3, 0.4) is 0 Å². The van der Waals surface area contributed by atoms with Crippen LogP contribution in [0.1, 0.15) is 0 Å². The number of hydrogen-bond acceptors (Lipinski definition) is 6. The Morgan fingerprint density at radius 3 is 2.44 bits per heavy atom. The molecule has 0 aliphatic rings. The van der Waals surface area contributed by atoms with Gasteiger partial charge in [-0.15, -0.1) is 11.8 Å². The highest BCUT2D eigenvalue weighted by atomic mass is 32.2. The zero-order chi connectivity index (χ0) is 13.1. The number of thioether (sulfide) groups is 1. The maximum absolute atomic E-state index is 5.48. The monoisotopic (exact) mass is 266 g/mol. The quantitative estimate of drug-likeness (QED) is 0.858. The molecule has 0 unspecified atom stereocenters. The molecule has 18 heavy (non-hydrogen) atoms. The molecule has 0 bridgehead atoms. The van der Waals surface area contributed by atoms with Crippen LogP contribution in [0, 0.1) is 0 Å². The molecule has 2 N–H and O–H groups in total. The van der Waals surface area contributed by atoms with Crippen LogP contribution in [-0.2, 0) is 0 Å². The Balaban J connectivity index is 2.58. The molecule has 0 atom stereocenters. The van der Waals surface area contributed by atoms with E-state index in [1.54, 1.807) is 26.0 Å². The molecule has 2 aromatic rings. The zero-order valence-corrected chi connectivity index (χ0v) is 11.2. The lowest BCUT2D eigenvalue weighted by molar-refractivity contribution is 0.395. The van der Waals surface area contributed by atoms with Crippen molar-refractivity contribution in [3.05, 3.63) is 18.4 Å². The van der Waals surface area contributed by atoms with E-state index >= 15 is 0 Å². The van der Waals surface area contributed by atoms with E-state index in [1.807, 2.05) is 18.4 Å². The van der Waals surface area contributed by atoms with E-state index in [0.717, 1.165) is 16.2 Å². The summed E-state index contributed by atoms with van der Waals surface area (Å²) in [6, 6.07) is 3.89. The van der Waals surface area contributed by atoms with Gasteiger partial charge in [0.15, 0.2) is 0 Å². The van der Waals surface area contributed by atoms with Crippen molar-refractivity contribution in [1.82, 2.24) is 4.98 Å². The van der Waals surface area contributed by atoms with Crippen LogP contribution >= 0.6 is 11.8 Å². The molecule has 1 aromatic heterocycles. The smallest absolute Gasteiger partial charge is 0.292 e. The first-order valence-corrected chi connectivity index (χ1v) is 6.43. The molecule has 0 saturated heterocycles. The van der Waals surface area contributed by atoms with Crippen molar-refractivity contribution in [2.45, 2.75) is 4.90 Å². The van der Waals surface area contributed by atoms with Gasteiger partial charge in [-0.25, -0.2) is 0 Å². The average molecular weight is 266 g/mol. The Bertz CT molecular complexity index is 554. The second-order valence-corrected chi connectivity index (χ2v) is 4.33. The highest BCUT2D eigenvalue weighted by Crippen LogP contribution is 2.39. The third-order valence-electron chi connectivity index (χ3n) is 2.50. The van der Waals surface area contributed by atoms with Crippen molar-refractivity contribution < 1.29 is 13.9 Å². The van der Waals surface area contributed by atoms with Gasteiger partial charge in [0.1, 0.15) is 23.5 Å². The molecule has 0 spiro atoms. The summed E-state index contributed by atoms with van der Waals surface area (Å²) in [6.45, 7) is 0. The fourth-order valence-corrected chi connectivity index (χ4v) is 2.21. The van der Waals surface area contributed by atoms with E-state index in [4.69, 9.17) is 19.6 Å². The third-order valence-corrected chi connectivity index (χ3v) is 3.26. The number of rotatable bonds is 4. The van der Waals surface area contributed by atoms with E-state index in [-0.39, 0.29) is 6.01 Å². The fraction of sp³-hybridized carbons (Fsp3) is 0.250. The molecular weight excluding hydrogens is 252 g/mol. The summed E-state index contributed by atoms with van der Waals surface area (Å²) in [4.78, 5) is 5.08. The summed E-state index contributed by atoms with van der Waals surface area (Å²) in [5.74, 6) is 1.47. The van der Waals surface area contributed by atoms with Crippen LogP contribution in [-0.4, -0.2) is 25.5 Å². The molecule has 0 aliphatic heterocycles. The highest BCUT2D eigenvalue weighted by molar-refractivity contribution is 7.98. The Labute approximate surface area is 109 Å². The number of nitrogen functional groups attached to an aromatic ring is 1. The van der Waals surface area contributed by atoms with Crippen molar-refractivity contribution >= 4 is 17.8 Å². The molecule has 2 rings (SSSR count). The third kappa shape index (κ3) is 2.24. The van der Waals surface area contributed by atoms with Gasteiger partial charge in [-0.2, -0.15) is 4.98 Å². The van der Waals surface area contributed by atoms with Crippen LogP contribution in [0.2, 0.25) is 0 Å². The van der Waals surface area contributed by atoms with Crippen LogP contribution in [0.15, 0.2) is 27.7 Å². The summed E-state index contributed by atoms with van der Waals surface area (Å²) in [7, 11) is 3.24. The molecule has 96 valence electrons. The molecule has 0 amide bonds. The highest BCUT2D eigenvalue weighted by Gasteiger charge is 2.15. The summed E-state index contributed by atoms with van der Waals surface area (Å²) >= 11 is 1.59. The summed E-state index contributed by atoms with van der Waals surface area (Å²) in [5.41, 5.74) is 6.89. The SMILES string of the molecule is COc1cc(-c2coc(N)n2)c(OC)cc1SC. The molecule has 6 heteroatoms. The van der Waals surface area contributed by atoms with Crippen LogP contribution in [0.4, 0.5) is 6.01 Å². The second kappa shape index (κ2) is 5.22. The van der Waals surface area contributed by atoms with Gasteiger partial charge in [-0.1, -0.05) is 0 Å². The van der Waals surface area contributed by atoms with Gasteiger partial charge in [0.05, 0.1) is 19.1 Å². The van der Waals surface area contributed by atoms with Gasteiger partial charge < -0.3 is 19.6 Å². The van der Waals surface area contributed by atoms with Gasteiger partial charge in [0, 0.05) is 5.56 Å². The first-order valence-electron chi connectivity index (χ1n) is 5.21. The fourth-order valence-electron chi connectivity index (χ4n) is 1.64. The van der Waals surface area contributed by atoms with Gasteiger partial charge in [0.25, 0.3) is 6.01 Å². The van der Waals surface area contributed by atoms with Crippen LogP contribution in [0.25, 0.3) is 11.3 Å². The first-order chi connectivity index (χ1) is 8.69. The molecule has 0 aliphatic carbocycles. The van der Waals surface area contributed by atoms with E-state index in [2.05, 4.69) is 4.98 Å². The first kappa shape index (κ1) is 12.6. The lowest BCUT2D eigenvalue weighted by atomic mass is 10.1. The molecular formula is C12H14N2O3S. The summed E-state index contributed by atoms with van der Waals surface area (Å²) in [6.07, 6.45) is 3.47. The maximum Gasteiger partial charge on any atom is 0.292 e. The Morgan fingerprint density at radius 2 is 1.94 bits per heavy atom. The number of benzene rings is 1. The van der Waals surface area contributed by atoms with Crippen molar-refractivity contribution in [2.24, 2.45) is 0 Å². The number of anilines is 1. The van der Waals surface area contributed by atoms with Gasteiger partial charge in [-0.05, 0) is 18.4 Å². The Morgan fingerprint density at radius 1 is 1.22 bits per heavy atom. The minimum atomic E-state index is 0.125. The number of hydrogen-bond donors (Lipinski definition) is 1. The number of nitrogens with two attached hydrogens (primary N) is 1. The summed E-state index contributed by atoms with van der Waals surface area (Å²) in [5, 5.41) is 0. The molecule has 1 heterocycles. The Hall–Kier alpha value is -1.82. The van der Waals surface area contributed by atoms with Crippen molar-refractivity contribution in [2.75, 3.05) is 26.2 Å². The number of oxazole rings is 1. The second-order valence-electron chi connectivity index (χ2n) is 3.48. The lowest BCUT2D eigenvalue weighted by Crippen LogP contribution is -1.93. The van der Waals surface area contributed by atoms with Gasteiger partial charge >= 0.3 is 0 Å². The number of aromatic nitrogens is 1. The van der Waals surface area contributed by atoms with E-state index in [0.29, 0.717) is 11.4 Å². The van der Waals surface area contributed by atoms with E-state index < -0.39 is 0 Å². The molecule has 0 radical (unpaired) electrons. The van der Waals surface area contributed by atoms with Gasteiger partial charge in [0.2, 0.25) is 0 Å². The number of ether oxygens (including phenoxy) is 2. The molecule has 5 nitrogen and oxygen atoms in total. The van der Waals surface area contributed by atoms with Crippen LogP contribution < -0.4 is 15.2 Å².